The monoisotopic (exact) mass is 533 g/mol. The van der Waals surface area contributed by atoms with Crippen LogP contribution in [0, 0.1) is 10.1 Å². The number of carbonyl (C=O) groups is 1. The maximum Gasteiger partial charge on any atom is 0.273 e. The molecular formula is C28H24ClN3O4S. The van der Waals surface area contributed by atoms with E-state index in [9.17, 15) is 20.0 Å². The number of nitro benzene ring substituents is 1. The fourth-order valence-corrected chi connectivity index (χ4v) is 5.59. The molecule has 1 aliphatic rings. The second kappa shape index (κ2) is 10.6. The number of benzene rings is 3. The summed E-state index contributed by atoms with van der Waals surface area (Å²) in [7, 11) is 2.06. The van der Waals surface area contributed by atoms with Crippen molar-refractivity contribution in [3.05, 3.63) is 111 Å². The maximum absolute atomic E-state index is 11.7. The molecule has 0 N–H and O–H groups in total. The number of halogens is 1. The molecule has 0 aliphatic carbocycles. The third-order valence-corrected chi connectivity index (χ3v) is 7.64. The summed E-state index contributed by atoms with van der Waals surface area (Å²) >= 11 is 1.73. The van der Waals surface area contributed by atoms with Gasteiger partial charge in [-0.15, -0.1) is 12.4 Å². The number of fused-ring (bicyclic) bond motifs is 2. The summed E-state index contributed by atoms with van der Waals surface area (Å²) in [5.41, 5.74) is 3.88. The summed E-state index contributed by atoms with van der Waals surface area (Å²) in [6.45, 7) is 1.80. The van der Waals surface area contributed by atoms with Crippen molar-refractivity contribution in [2.75, 3.05) is 11.9 Å². The van der Waals surface area contributed by atoms with Gasteiger partial charge in [0, 0.05) is 53.2 Å². The van der Waals surface area contributed by atoms with Crippen molar-refractivity contribution in [2.45, 2.75) is 24.3 Å². The summed E-state index contributed by atoms with van der Waals surface area (Å²) in [6, 6.07) is 23.1. The van der Waals surface area contributed by atoms with Gasteiger partial charge in [0.2, 0.25) is 5.52 Å². The average molecular weight is 534 g/mol. The predicted octanol–water partition coefficient (Wildman–Crippen LogP) is 4.90. The molecule has 7 nitrogen and oxygen atoms in total. The molecule has 37 heavy (non-hydrogen) atoms. The summed E-state index contributed by atoms with van der Waals surface area (Å²) in [4.78, 5) is 25.8. The lowest BCUT2D eigenvalue weighted by molar-refractivity contribution is -0.662. The van der Waals surface area contributed by atoms with Crippen molar-refractivity contribution in [2.24, 2.45) is 0 Å². The highest BCUT2D eigenvalue weighted by Crippen LogP contribution is 2.45. The molecule has 4 aromatic rings. The van der Waals surface area contributed by atoms with E-state index in [-0.39, 0.29) is 23.7 Å². The first-order valence-corrected chi connectivity index (χ1v) is 12.3. The Bertz CT molecular complexity index is 1560. The van der Waals surface area contributed by atoms with Crippen molar-refractivity contribution in [3.8, 4) is 0 Å². The van der Waals surface area contributed by atoms with E-state index >= 15 is 0 Å². The first kappa shape index (κ1) is 26.2. The van der Waals surface area contributed by atoms with Gasteiger partial charge in [0.05, 0.1) is 21.0 Å². The van der Waals surface area contributed by atoms with E-state index in [2.05, 4.69) is 36.2 Å². The smallest absolute Gasteiger partial charge is 0.273 e. The number of thioether (sulfide) groups is 1. The second-order valence-corrected chi connectivity index (χ2v) is 9.78. The number of aromatic nitrogens is 1. The molecule has 5 rings (SSSR count). The number of pyridine rings is 1. The predicted molar refractivity (Wildman–Crippen MR) is 146 cm³/mol. The molecule has 1 aromatic heterocycles. The zero-order chi connectivity index (χ0) is 25.4. The average Bonchev–Trinajstić information content (AvgIpc) is 3.20. The molecule has 9 heteroatoms. The Kier molecular flexibility index (Phi) is 7.52. The topological polar surface area (TPSA) is 90.4 Å². The molecule has 0 amide bonds. The molecule has 0 spiro atoms. The molecule has 0 saturated heterocycles. The fraction of sp³-hybridized carbons (Fsp3) is 0.143. The first-order chi connectivity index (χ1) is 17.3. The SMILES string of the molecule is CC(C(=O)[O-])c1ccc(C[n+]2ccc(/C=C3\Sc4ccccc4N3C)c3ccccc32)cc1[N+](=O)[O-].Cl. The Morgan fingerprint density at radius 1 is 1.11 bits per heavy atom. The van der Waals surface area contributed by atoms with Gasteiger partial charge < -0.3 is 14.8 Å². The van der Waals surface area contributed by atoms with Crippen LogP contribution in [0.5, 0.6) is 0 Å². The minimum absolute atomic E-state index is 0. The Morgan fingerprint density at radius 3 is 2.57 bits per heavy atom. The van der Waals surface area contributed by atoms with Gasteiger partial charge in [-0.25, -0.2) is 0 Å². The lowest BCUT2D eigenvalue weighted by atomic mass is 9.97. The van der Waals surface area contributed by atoms with Gasteiger partial charge in [-0.05, 0) is 29.8 Å². The number of nitrogens with zero attached hydrogens (tertiary/aromatic N) is 3. The standard InChI is InChI=1S/C28H23N3O4S.ClH/c1-18(28(32)33)21-12-11-19(15-25(21)31(34)35)17-30-14-13-20(22-7-3-4-8-23(22)30)16-27-29(2)24-9-5-6-10-26(24)36-27;/h3-16,18H,17H2,1-2H3;1H. The van der Waals surface area contributed by atoms with Crippen LogP contribution in [0.15, 0.2) is 88.9 Å². The van der Waals surface area contributed by atoms with Crippen LogP contribution in [-0.4, -0.2) is 17.9 Å². The van der Waals surface area contributed by atoms with Crippen LogP contribution >= 0.6 is 24.2 Å². The van der Waals surface area contributed by atoms with Crippen LogP contribution in [0.4, 0.5) is 11.4 Å². The van der Waals surface area contributed by atoms with Crippen LogP contribution in [0.3, 0.4) is 0 Å². The highest BCUT2D eigenvalue weighted by atomic mass is 35.5. The Morgan fingerprint density at radius 2 is 1.84 bits per heavy atom. The van der Waals surface area contributed by atoms with Crippen LogP contribution in [-0.2, 0) is 11.3 Å². The van der Waals surface area contributed by atoms with Gasteiger partial charge in [-0.3, -0.25) is 10.1 Å². The van der Waals surface area contributed by atoms with Crippen molar-refractivity contribution in [1.29, 1.82) is 0 Å². The van der Waals surface area contributed by atoms with Gasteiger partial charge in [0.1, 0.15) is 0 Å². The number of para-hydroxylation sites is 2. The molecule has 0 radical (unpaired) electrons. The molecule has 0 fully saturated rings. The number of aliphatic carboxylic acids is 1. The maximum atomic E-state index is 11.7. The lowest BCUT2D eigenvalue weighted by Crippen LogP contribution is -2.35. The van der Waals surface area contributed by atoms with E-state index in [1.165, 1.54) is 29.6 Å². The summed E-state index contributed by atoms with van der Waals surface area (Å²) in [6.07, 6.45) is 4.16. The number of hydrogen-bond acceptors (Lipinski definition) is 6. The molecule has 2 heterocycles. The molecule has 1 atom stereocenters. The largest absolute Gasteiger partial charge is 0.550 e. The number of carbonyl (C=O) groups excluding carboxylic acids is 1. The molecule has 188 valence electrons. The molecule has 3 aromatic carbocycles. The van der Waals surface area contributed by atoms with Crippen LogP contribution in [0.1, 0.15) is 29.5 Å². The lowest BCUT2D eigenvalue weighted by Gasteiger charge is -2.14. The van der Waals surface area contributed by atoms with Gasteiger partial charge in [-0.2, -0.15) is 4.57 Å². The first-order valence-electron chi connectivity index (χ1n) is 11.4. The van der Waals surface area contributed by atoms with Crippen LogP contribution < -0.4 is 14.6 Å². The number of anilines is 1. The van der Waals surface area contributed by atoms with E-state index in [0.717, 1.165) is 21.5 Å². The van der Waals surface area contributed by atoms with Gasteiger partial charge >= 0.3 is 0 Å². The van der Waals surface area contributed by atoms with Crippen molar-refractivity contribution in [3.63, 3.8) is 0 Å². The number of rotatable bonds is 6. The van der Waals surface area contributed by atoms with E-state index in [1.807, 2.05) is 47.2 Å². The number of carboxylic acids is 1. The molecule has 1 aliphatic heterocycles. The van der Waals surface area contributed by atoms with E-state index in [1.54, 1.807) is 17.8 Å². The van der Waals surface area contributed by atoms with Crippen LogP contribution in [0.25, 0.3) is 17.0 Å². The quantitative estimate of drug-likeness (QED) is 0.199. The van der Waals surface area contributed by atoms with Crippen molar-refractivity contribution < 1.29 is 19.4 Å². The number of hydrogen-bond donors (Lipinski definition) is 0. The number of nitro groups is 1. The summed E-state index contributed by atoms with van der Waals surface area (Å²) in [5, 5.41) is 25.1. The molecule has 0 saturated carbocycles. The van der Waals surface area contributed by atoms with Crippen molar-refractivity contribution in [1.82, 2.24) is 0 Å². The molecule has 0 bridgehead atoms. The summed E-state index contributed by atoms with van der Waals surface area (Å²) in [5.74, 6) is -2.41. The van der Waals surface area contributed by atoms with Crippen molar-refractivity contribution >= 4 is 58.5 Å². The van der Waals surface area contributed by atoms with E-state index in [0.29, 0.717) is 12.1 Å². The van der Waals surface area contributed by atoms with E-state index in [4.69, 9.17) is 0 Å². The zero-order valence-corrected chi connectivity index (χ0v) is 21.8. The minimum Gasteiger partial charge on any atom is -0.550 e. The van der Waals surface area contributed by atoms with Gasteiger partial charge in [0.25, 0.3) is 5.69 Å². The van der Waals surface area contributed by atoms with E-state index < -0.39 is 16.8 Å². The highest BCUT2D eigenvalue weighted by molar-refractivity contribution is 8.03. The molecular weight excluding hydrogens is 510 g/mol. The Hall–Kier alpha value is -3.88. The Labute approximate surface area is 224 Å². The second-order valence-electron chi connectivity index (χ2n) is 8.72. The molecule has 1 unspecified atom stereocenters. The number of carboxylic acid groups (broad SMARTS) is 1. The third-order valence-electron chi connectivity index (χ3n) is 6.47. The minimum atomic E-state index is -1.34. The normalized spacial score (nSPS) is 14.3. The Balaban J connectivity index is 0.00000320. The zero-order valence-electron chi connectivity index (χ0n) is 20.2. The van der Waals surface area contributed by atoms with Crippen LogP contribution in [0.2, 0.25) is 0 Å². The summed E-state index contributed by atoms with van der Waals surface area (Å²) < 4.78 is 2.04. The highest BCUT2D eigenvalue weighted by Gasteiger charge is 2.24. The van der Waals surface area contributed by atoms with Gasteiger partial charge in [-0.1, -0.05) is 55.1 Å². The van der Waals surface area contributed by atoms with Gasteiger partial charge in [0.15, 0.2) is 12.7 Å². The fourth-order valence-electron chi connectivity index (χ4n) is 4.49. The third kappa shape index (κ3) is 5.03.